The number of methoxy groups -OCH3 is 3. The molecule has 3 aromatic rings. The molecular formula is C24H27N3O5. The van der Waals surface area contributed by atoms with Crippen molar-refractivity contribution in [1.29, 1.82) is 0 Å². The zero-order chi connectivity index (χ0) is 22.5. The second-order valence-corrected chi connectivity index (χ2v) is 7.73. The molecule has 0 aliphatic carbocycles. The Labute approximate surface area is 187 Å². The van der Waals surface area contributed by atoms with Gasteiger partial charge < -0.3 is 23.6 Å². The van der Waals surface area contributed by atoms with E-state index < -0.39 is 0 Å². The van der Waals surface area contributed by atoms with Crippen LogP contribution in [0.1, 0.15) is 29.1 Å². The zero-order valence-electron chi connectivity index (χ0n) is 18.5. The number of benzene rings is 2. The van der Waals surface area contributed by atoms with Gasteiger partial charge in [0, 0.05) is 30.6 Å². The van der Waals surface area contributed by atoms with Crippen molar-refractivity contribution >= 4 is 5.91 Å². The molecule has 2 aromatic carbocycles. The summed E-state index contributed by atoms with van der Waals surface area (Å²) >= 11 is 0. The number of ether oxygens (including phenoxy) is 3. The summed E-state index contributed by atoms with van der Waals surface area (Å²) in [5.41, 5.74) is 1.45. The van der Waals surface area contributed by atoms with E-state index >= 15 is 0 Å². The third-order valence-electron chi connectivity index (χ3n) is 5.78. The number of aromatic nitrogens is 2. The molecule has 8 heteroatoms. The van der Waals surface area contributed by atoms with Gasteiger partial charge >= 0.3 is 0 Å². The standard InChI is InChI=1S/C24H27N3O5/c1-29-19-14-18(15-20(30-2)22(19)31-3)24(28)27-11-9-16(10-12-27)13-21-25-23(26-32-21)17-7-5-4-6-8-17/h4-8,14-16H,9-13H2,1-3H3. The average Bonchev–Trinajstić information content (AvgIpc) is 3.32. The molecule has 0 bridgehead atoms. The average molecular weight is 437 g/mol. The lowest BCUT2D eigenvalue weighted by Gasteiger charge is -2.31. The summed E-state index contributed by atoms with van der Waals surface area (Å²) in [4.78, 5) is 19.5. The molecule has 0 unspecified atom stereocenters. The first-order chi connectivity index (χ1) is 15.6. The van der Waals surface area contributed by atoms with E-state index in [1.54, 1.807) is 19.2 Å². The highest BCUT2D eigenvalue weighted by Gasteiger charge is 2.27. The van der Waals surface area contributed by atoms with Crippen LogP contribution < -0.4 is 14.2 Å². The Morgan fingerprint density at radius 1 is 1.03 bits per heavy atom. The fraction of sp³-hybridized carbons (Fsp3) is 0.375. The maximum absolute atomic E-state index is 13.1. The molecule has 32 heavy (non-hydrogen) atoms. The Morgan fingerprint density at radius 2 is 1.69 bits per heavy atom. The van der Waals surface area contributed by atoms with Crippen LogP contribution in [0.5, 0.6) is 17.2 Å². The molecule has 1 aromatic heterocycles. The van der Waals surface area contributed by atoms with Crippen molar-refractivity contribution in [2.45, 2.75) is 19.3 Å². The van der Waals surface area contributed by atoms with Gasteiger partial charge in [-0.05, 0) is 30.9 Å². The number of carbonyl (C=O) groups excluding carboxylic acids is 1. The molecule has 0 N–H and O–H groups in total. The van der Waals surface area contributed by atoms with Gasteiger partial charge in [-0.1, -0.05) is 35.5 Å². The van der Waals surface area contributed by atoms with Crippen molar-refractivity contribution in [1.82, 2.24) is 15.0 Å². The number of nitrogens with zero attached hydrogens (tertiary/aromatic N) is 3. The van der Waals surface area contributed by atoms with Crippen molar-refractivity contribution < 1.29 is 23.5 Å². The number of hydrogen-bond donors (Lipinski definition) is 0. The molecule has 1 saturated heterocycles. The van der Waals surface area contributed by atoms with E-state index in [1.165, 1.54) is 14.2 Å². The molecular weight excluding hydrogens is 410 g/mol. The van der Waals surface area contributed by atoms with Crippen molar-refractivity contribution in [3.8, 4) is 28.6 Å². The SMILES string of the molecule is COc1cc(C(=O)N2CCC(Cc3nc(-c4ccccc4)no3)CC2)cc(OC)c1OC. The molecule has 1 fully saturated rings. The summed E-state index contributed by atoms with van der Waals surface area (Å²) in [5, 5.41) is 4.10. The first-order valence-corrected chi connectivity index (χ1v) is 10.6. The Kier molecular flexibility index (Phi) is 6.58. The van der Waals surface area contributed by atoms with Crippen LogP contribution in [-0.4, -0.2) is 55.4 Å². The third kappa shape index (κ3) is 4.54. The second kappa shape index (κ2) is 9.72. The van der Waals surface area contributed by atoms with Crippen LogP contribution in [0.4, 0.5) is 0 Å². The fourth-order valence-corrected chi connectivity index (χ4v) is 4.02. The number of hydrogen-bond acceptors (Lipinski definition) is 7. The van der Waals surface area contributed by atoms with E-state index in [0.29, 0.717) is 60.0 Å². The minimum absolute atomic E-state index is 0.0492. The van der Waals surface area contributed by atoms with Crippen LogP contribution in [0.3, 0.4) is 0 Å². The highest BCUT2D eigenvalue weighted by Crippen LogP contribution is 2.38. The smallest absolute Gasteiger partial charge is 0.254 e. The molecule has 1 amide bonds. The lowest BCUT2D eigenvalue weighted by Crippen LogP contribution is -2.39. The minimum Gasteiger partial charge on any atom is -0.493 e. The topological polar surface area (TPSA) is 86.9 Å². The number of piperidine rings is 1. The van der Waals surface area contributed by atoms with Crippen LogP contribution >= 0.6 is 0 Å². The van der Waals surface area contributed by atoms with Gasteiger partial charge in [-0.15, -0.1) is 0 Å². The predicted octanol–water partition coefficient (Wildman–Crippen LogP) is 3.86. The van der Waals surface area contributed by atoms with Gasteiger partial charge in [0.1, 0.15) is 0 Å². The first kappa shape index (κ1) is 21.7. The molecule has 0 spiro atoms. The van der Waals surface area contributed by atoms with Crippen LogP contribution in [0.25, 0.3) is 11.4 Å². The van der Waals surface area contributed by atoms with Crippen molar-refractivity contribution in [3.63, 3.8) is 0 Å². The van der Waals surface area contributed by atoms with Gasteiger partial charge in [-0.25, -0.2) is 0 Å². The van der Waals surface area contributed by atoms with E-state index in [-0.39, 0.29) is 5.91 Å². The quantitative estimate of drug-likeness (QED) is 0.555. The Hall–Kier alpha value is -3.55. The lowest BCUT2D eigenvalue weighted by molar-refractivity contribution is 0.0686. The number of likely N-dealkylation sites (tertiary alicyclic amines) is 1. The van der Waals surface area contributed by atoms with Gasteiger partial charge in [0.25, 0.3) is 5.91 Å². The second-order valence-electron chi connectivity index (χ2n) is 7.73. The van der Waals surface area contributed by atoms with Gasteiger partial charge in [0.15, 0.2) is 11.5 Å². The van der Waals surface area contributed by atoms with E-state index in [0.717, 1.165) is 18.4 Å². The summed E-state index contributed by atoms with van der Waals surface area (Å²) in [5.74, 6) is 3.00. The Bertz CT molecular complexity index is 1030. The van der Waals surface area contributed by atoms with Gasteiger partial charge in [0.05, 0.1) is 21.3 Å². The number of carbonyl (C=O) groups is 1. The Morgan fingerprint density at radius 3 is 2.28 bits per heavy atom. The normalized spacial score (nSPS) is 14.3. The lowest BCUT2D eigenvalue weighted by atomic mass is 9.93. The molecule has 0 atom stereocenters. The van der Waals surface area contributed by atoms with Crippen LogP contribution in [-0.2, 0) is 6.42 Å². The summed E-state index contributed by atoms with van der Waals surface area (Å²) in [6, 6.07) is 13.2. The largest absolute Gasteiger partial charge is 0.493 e. The molecule has 0 radical (unpaired) electrons. The predicted molar refractivity (Wildman–Crippen MR) is 118 cm³/mol. The third-order valence-corrected chi connectivity index (χ3v) is 5.78. The Balaban J connectivity index is 1.38. The molecule has 4 rings (SSSR count). The molecule has 8 nitrogen and oxygen atoms in total. The van der Waals surface area contributed by atoms with Crippen LogP contribution in [0.15, 0.2) is 47.0 Å². The monoisotopic (exact) mass is 437 g/mol. The summed E-state index contributed by atoms with van der Waals surface area (Å²) < 4.78 is 21.6. The maximum Gasteiger partial charge on any atom is 0.254 e. The first-order valence-electron chi connectivity index (χ1n) is 10.6. The molecule has 168 valence electrons. The van der Waals surface area contributed by atoms with Gasteiger partial charge in [0.2, 0.25) is 17.5 Å². The van der Waals surface area contributed by atoms with E-state index in [4.69, 9.17) is 18.7 Å². The van der Waals surface area contributed by atoms with Crippen molar-refractivity contribution in [2.75, 3.05) is 34.4 Å². The van der Waals surface area contributed by atoms with Crippen LogP contribution in [0.2, 0.25) is 0 Å². The van der Waals surface area contributed by atoms with Crippen LogP contribution in [0, 0.1) is 5.92 Å². The molecule has 1 aliphatic rings. The highest BCUT2D eigenvalue weighted by molar-refractivity contribution is 5.95. The maximum atomic E-state index is 13.1. The van der Waals surface area contributed by atoms with E-state index in [2.05, 4.69) is 10.1 Å². The number of rotatable bonds is 7. The van der Waals surface area contributed by atoms with E-state index in [1.807, 2.05) is 35.2 Å². The van der Waals surface area contributed by atoms with Crippen molar-refractivity contribution in [2.24, 2.45) is 5.92 Å². The highest BCUT2D eigenvalue weighted by atomic mass is 16.5. The molecule has 1 aliphatic heterocycles. The summed E-state index contributed by atoms with van der Waals surface area (Å²) in [6.07, 6.45) is 2.46. The number of amides is 1. The minimum atomic E-state index is -0.0492. The zero-order valence-corrected chi connectivity index (χ0v) is 18.5. The summed E-state index contributed by atoms with van der Waals surface area (Å²) in [7, 11) is 4.62. The van der Waals surface area contributed by atoms with E-state index in [9.17, 15) is 4.79 Å². The van der Waals surface area contributed by atoms with Gasteiger partial charge in [-0.3, -0.25) is 4.79 Å². The summed E-state index contributed by atoms with van der Waals surface area (Å²) in [6.45, 7) is 1.33. The fourth-order valence-electron chi connectivity index (χ4n) is 4.02. The van der Waals surface area contributed by atoms with Crippen molar-refractivity contribution in [3.05, 3.63) is 53.9 Å². The molecule has 2 heterocycles. The molecule has 0 saturated carbocycles. The van der Waals surface area contributed by atoms with Gasteiger partial charge in [-0.2, -0.15) is 4.98 Å².